The molecule has 0 aliphatic heterocycles. The van der Waals surface area contributed by atoms with Crippen LogP contribution in [-0.2, 0) is 0 Å². The fourth-order valence-corrected chi connectivity index (χ4v) is 3.87. The minimum absolute atomic E-state index is 0. The largest absolute Gasteiger partial charge is 1.00 e. The van der Waals surface area contributed by atoms with Gasteiger partial charge in [-0.2, -0.15) is 0 Å². The topological polar surface area (TPSA) is 0 Å². The Hall–Kier alpha value is 0.697. The van der Waals surface area contributed by atoms with Crippen LogP contribution in [0.3, 0.4) is 0 Å². The first-order valence-corrected chi connectivity index (χ1v) is 7.57. The van der Waals surface area contributed by atoms with Crippen LogP contribution in [0.4, 0.5) is 0 Å². The Kier molecular flexibility index (Phi) is 4.50. The standard InChI is InChI=1S/C11H17Si.Na/c1-12(2)11-8-7-9-5-3-4-6-10(9)11;/h7-8,11H,3-6H2,1-2H3;/q;+1. The molecule has 0 aromatic rings. The summed E-state index contributed by atoms with van der Waals surface area (Å²) in [5.41, 5.74) is 4.38. The van der Waals surface area contributed by atoms with Crippen molar-refractivity contribution in [3.05, 3.63) is 23.3 Å². The van der Waals surface area contributed by atoms with E-state index in [9.17, 15) is 0 Å². The average molecular weight is 200 g/mol. The zero-order chi connectivity index (χ0) is 8.55. The van der Waals surface area contributed by atoms with Gasteiger partial charge in [0.25, 0.3) is 0 Å². The van der Waals surface area contributed by atoms with Gasteiger partial charge < -0.3 is 0 Å². The molecule has 1 unspecified atom stereocenters. The number of rotatable bonds is 1. The third-order valence-corrected chi connectivity index (χ3v) is 4.83. The van der Waals surface area contributed by atoms with Gasteiger partial charge in [-0.05, 0) is 36.8 Å². The zero-order valence-corrected chi connectivity index (χ0v) is 12.1. The molecule has 0 saturated heterocycles. The number of allylic oxidation sites excluding steroid dienone is 4. The van der Waals surface area contributed by atoms with Crippen molar-refractivity contribution in [2.24, 2.45) is 0 Å². The monoisotopic (exact) mass is 200 g/mol. The van der Waals surface area contributed by atoms with Gasteiger partial charge in [-0.25, -0.2) is 0 Å². The van der Waals surface area contributed by atoms with E-state index in [0.717, 1.165) is 5.54 Å². The van der Waals surface area contributed by atoms with Gasteiger partial charge in [0.05, 0.1) is 8.80 Å². The molecule has 0 amide bonds. The van der Waals surface area contributed by atoms with Gasteiger partial charge in [-0.1, -0.05) is 30.8 Å². The summed E-state index contributed by atoms with van der Waals surface area (Å²) in [5, 5.41) is 0. The molecular formula is C11H17NaSi+. The summed E-state index contributed by atoms with van der Waals surface area (Å²) >= 11 is 0. The molecule has 2 aliphatic carbocycles. The van der Waals surface area contributed by atoms with E-state index in [-0.39, 0.29) is 38.4 Å². The van der Waals surface area contributed by atoms with Crippen molar-refractivity contribution in [3.8, 4) is 0 Å². The molecule has 1 atom stereocenters. The van der Waals surface area contributed by atoms with Gasteiger partial charge >= 0.3 is 29.6 Å². The van der Waals surface area contributed by atoms with Gasteiger partial charge in [0.15, 0.2) is 0 Å². The Morgan fingerprint density at radius 2 is 1.92 bits per heavy atom. The van der Waals surface area contributed by atoms with E-state index in [4.69, 9.17) is 0 Å². The summed E-state index contributed by atoms with van der Waals surface area (Å²) in [4.78, 5) is 0. The number of hydrogen-bond acceptors (Lipinski definition) is 0. The van der Waals surface area contributed by atoms with E-state index in [1.165, 1.54) is 25.7 Å². The van der Waals surface area contributed by atoms with Crippen LogP contribution in [0.5, 0.6) is 0 Å². The van der Waals surface area contributed by atoms with Crippen LogP contribution in [0, 0.1) is 0 Å². The molecule has 0 N–H and O–H groups in total. The van der Waals surface area contributed by atoms with Gasteiger partial charge in [0, 0.05) is 0 Å². The Morgan fingerprint density at radius 1 is 1.23 bits per heavy atom. The van der Waals surface area contributed by atoms with Crippen LogP contribution in [0.1, 0.15) is 25.7 Å². The normalized spacial score (nSPS) is 26.2. The maximum Gasteiger partial charge on any atom is 1.00 e. The van der Waals surface area contributed by atoms with Crippen molar-refractivity contribution in [2.45, 2.75) is 44.3 Å². The fourth-order valence-electron chi connectivity index (χ4n) is 2.37. The van der Waals surface area contributed by atoms with Crippen LogP contribution in [0.25, 0.3) is 0 Å². The van der Waals surface area contributed by atoms with Crippen LogP contribution in [0.2, 0.25) is 18.6 Å². The molecular weight excluding hydrogens is 183 g/mol. The quantitative estimate of drug-likeness (QED) is 0.543. The van der Waals surface area contributed by atoms with E-state index >= 15 is 0 Å². The molecule has 1 radical (unpaired) electrons. The summed E-state index contributed by atoms with van der Waals surface area (Å²) in [6.07, 6.45) is 10.5. The Balaban J connectivity index is 0.000000845. The molecule has 65 valence electrons. The van der Waals surface area contributed by atoms with E-state index in [0.29, 0.717) is 0 Å². The first-order chi connectivity index (χ1) is 5.79. The third-order valence-electron chi connectivity index (χ3n) is 3.04. The molecule has 2 rings (SSSR count). The minimum atomic E-state index is -0.126. The molecule has 0 heterocycles. The van der Waals surface area contributed by atoms with E-state index < -0.39 is 0 Å². The predicted molar refractivity (Wildman–Crippen MR) is 55.9 cm³/mol. The molecule has 0 bridgehead atoms. The molecule has 0 nitrogen and oxygen atoms in total. The molecule has 2 aliphatic rings. The molecule has 2 heteroatoms. The van der Waals surface area contributed by atoms with E-state index in [1.807, 2.05) is 0 Å². The van der Waals surface area contributed by atoms with Crippen LogP contribution >= 0.6 is 0 Å². The maximum atomic E-state index is 2.46. The van der Waals surface area contributed by atoms with Crippen molar-refractivity contribution in [2.75, 3.05) is 0 Å². The third kappa shape index (κ3) is 2.38. The maximum absolute atomic E-state index is 2.46. The molecule has 0 fully saturated rings. The molecule has 0 saturated carbocycles. The van der Waals surface area contributed by atoms with Crippen LogP contribution in [0.15, 0.2) is 23.3 Å². The van der Waals surface area contributed by atoms with Gasteiger partial charge in [0.1, 0.15) is 0 Å². The average Bonchev–Trinajstić information content (AvgIpc) is 2.47. The first-order valence-electron chi connectivity index (χ1n) is 4.99. The second kappa shape index (κ2) is 4.97. The SMILES string of the molecule is C[Si](C)C1C=CC2=C1CCCC2.[Na+]. The number of hydrogen-bond donors (Lipinski definition) is 0. The smallest absolute Gasteiger partial charge is 0.0801 e. The summed E-state index contributed by atoms with van der Waals surface area (Å²) in [6.45, 7) is 4.87. The van der Waals surface area contributed by atoms with Crippen molar-refractivity contribution >= 4 is 8.80 Å². The molecule has 13 heavy (non-hydrogen) atoms. The Morgan fingerprint density at radius 3 is 2.62 bits per heavy atom. The summed E-state index contributed by atoms with van der Waals surface area (Å²) < 4.78 is 0. The van der Waals surface area contributed by atoms with Crippen molar-refractivity contribution in [1.82, 2.24) is 0 Å². The second-order valence-corrected chi connectivity index (χ2v) is 6.95. The molecule has 0 aromatic carbocycles. The summed E-state index contributed by atoms with van der Waals surface area (Å²) in [7, 11) is -0.126. The summed E-state index contributed by atoms with van der Waals surface area (Å²) in [6, 6.07) is 0. The Labute approximate surface area is 105 Å². The molecule has 0 aromatic heterocycles. The predicted octanol–water partition coefficient (Wildman–Crippen LogP) is 0.555. The van der Waals surface area contributed by atoms with Gasteiger partial charge in [-0.3, -0.25) is 0 Å². The van der Waals surface area contributed by atoms with Gasteiger partial charge in [0.2, 0.25) is 0 Å². The van der Waals surface area contributed by atoms with E-state index in [1.54, 1.807) is 11.1 Å². The molecule has 0 spiro atoms. The minimum Gasteiger partial charge on any atom is -0.0801 e. The van der Waals surface area contributed by atoms with Crippen molar-refractivity contribution in [1.29, 1.82) is 0 Å². The van der Waals surface area contributed by atoms with Crippen LogP contribution in [-0.4, -0.2) is 8.80 Å². The second-order valence-electron chi connectivity index (χ2n) is 4.17. The summed E-state index contributed by atoms with van der Waals surface area (Å²) in [5.74, 6) is 0. The first kappa shape index (κ1) is 11.8. The Bertz CT molecular complexity index is 240. The van der Waals surface area contributed by atoms with E-state index in [2.05, 4.69) is 25.2 Å². The zero-order valence-electron chi connectivity index (χ0n) is 9.06. The van der Waals surface area contributed by atoms with Crippen molar-refractivity contribution in [3.63, 3.8) is 0 Å². The van der Waals surface area contributed by atoms with Gasteiger partial charge in [-0.15, -0.1) is 0 Å². The van der Waals surface area contributed by atoms with Crippen LogP contribution < -0.4 is 29.6 Å². The fraction of sp³-hybridized carbons (Fsp3) is 0.636. The van der Waals surface area contributed by atoms with Crippen molar-refractivity contribution < 1.29 is 29.6 Å².